The predicted molar refractivity (Wildman–Crippen MR) is 123 cm³/mol. The highest BCUT2D eigenvalue weighted by atomic mass is 28.4. The van der Waals surface area contributed by atoms with Crippen LogP contribution in [0.5, 0.6) is 0 Å². The van der Waals surface area contributed by atoms with Gasteiger partial charge in [0.2, 0.25) is 0 Å². The van der Waals surface area contributed by atoms with Crippen molar-refractivity contribution in [2.45, 2.75) is 117 Å². The largest absolute Gasteiger partial charge is 0.519 e. The lowest BCUT2D eigenvalue weighted by atomic mass is 10.2. The zero-order chi connectivity index (χ0) is 21.8. The average Bonchev–Trinajstić information content (AvgIpc) is 2.60. The third-order valence-electron chi connectivity index (χ3n) is 5.44. The zero-order valence-corrected chi connectivity index (χ0v) is 21.9. The van der Waals surface area contributed by atoms with Gasteiger partial charge < -0.3 is 8.85 Å². The lowest BCUT2D eigenvalue weighted by Crippen LogP contribution is -2.47. The van der Waals surface area contributed by atoms with Crippen LogP contribution in [0.1, 0.15) is 81.1 Å². The number of carbonyl (C=O) groups is 2. The number of carbonyl (C=O) groups excluding carboxylic acids is 2. The van der Waals surface area contributed by atoms with Crippen molar-refractivity contribution in [3.8, 4) is 0 Å². The van der Waals surface area contributed by atoms with Gasteiger partial charge in [-0.25, -0.2) is 0 Å². The average molecular weight is 431 g/mol. The molecule has 0 aromatic rings. The van der Waals surface area contributed by atoms with Crippen LogP contribution in [0.25, 0.3) is 0 Å². The van der Waals surface area contributed by atoms with Crippen LogP contribution in [0.15, 0.2) is 0 Å². The van der Waals surface area contributed by atoms with Gasteiger partial charge in [0.1, 0.15) is 0 Å². The molecule has 0 N–H and O–H groups in total. The molecule has 0 bridgehead atoms. The molecule has 0 saturated carbocycles. The van der Waals surface area contributed by atoms with E-state index in [1.807, 2.05) is 27.7 Å². The molecule has 6 heteroatoms. The smallest absolute Gasteiger partial charge is 0.295 e. The first-order chi connectivity index (χ1) is 13.1. The maximum Gasteiger partial charge on any atom is 0.295 e. The van der Waals surface area contributed by atoms with Gasteiger partial charge in [-0.1, -0.05) is 81.1 Å². The Balaban J connectivity index is 5.67. The van der Waals surface area contributed by atoms with Gasteiger partial charge in [0.15, 0.2) is 0 Å². The van der Waals surface area contributed by atoms with Gasteiger partial charge in [-0.2, -0.15) is 0 Å². The van der Waals surface area contributed by atoms with E-state index in [4.69, 9.17) is 8.85 Å². The molecule has 0 radical (unpaired) electrons. The molecule has 0 unspecified atom stereocenters. The van der Waals surface area contributed by atoms with Crippen molar-refractivity contribution in [3.05, 3.63) is 0 Å². The summed E-state index contributed by atoms with van der Waals surface area (Å²) in [5.41, 5.74) is 0. The van der Waals surface area contributed by atoms with E-state index in [0.29, 0.717) is 0 Å². The van der Waals surface area contributed by atoms with Crippen molar-refractivity contribution >= 4 is 28.6 Å². The van der Waals surface area contributed by atoms with Crippen LogP contribution < -0.4 is 0 Å². The molecule has 0 aliphatic rings. The van der Waals surface area contributed by atoms with Crippen LogP contribution in [0.4, 0.5) is 0 Å². The van der Waals surface area contributed by atoms with Gasteiger partial charge in [0.05, 0.1) is 0 Å². The summed E-state index contributed by atoms with van der Waals surface area (Å²) >= 11 is 0. The number of hydrogen-bond acceptors (Lipinski definition) is 4. The molecule has 0 fully saturated rings. The summed E-state index contributed by atoms with van der Waals surface area (Å²) in [7, 11) is -4.35. The van der Waals surface area contributed by atoms with E-state index >= 15 is 0 Å². The SMILES string of the molecule is CCC[Si](CCC)(CC[Si](CCC)(CCC)OC(=O)C(C)C)OC(=O)C(C)C. The first-order valence-corrected chi connectivity index (χ1v) is 16.6. The summed E-state index contributed by atoms with van der Waals surface area (Å²) in [6.07, 6.45) is 4.16. The van der Waals surface area contributed by atoms with E-state index in [1.165, 1.54) is 0 Å². The highest BCUT2D eigenvalue weighted by Gasteiger charge is 2.44. The summed E-state index contributed by atoms with van der Waals surface area (Å²) in [4.78, 5) is 25.0. The summed E-state index contributed by atoms with van der Waals surface area (Å²) in [6.45, 7) is 16.4. The summed E-state index contributed by atoms with van der Waals surface area (Å²) in [5.74, 6) is -0.280. The fourth-order valence-corrected chi connectivity index (χ4v) is 14.7. The first-order valence-electron chi connectivity index (χ1n) is 11.6. The lowest BCUT2D eigenvalue weighted by molar-refractivity contribution is -0.139. The van der Waals surface area contributed by atoms with Crippen LogP contribution in [0, 0.1) is 11.8 Å². The Morgan fingerprint density at radius 1 is 0.571 bits per heavy atom. The molecular formula is C22H46O4Si2. The van der Waals surface area contributed by atoms with Crippen molar-refractivity contribution in [1.82, 2.24) is 0 Å². The maximum atomic E-state index is 12.5. The molecule has 0 aromatic carbocycles. The highest BCUT2D eigenvalue weighted by Crippen LogP contribution is 2.36. The van der Waals surface area contributed by atoms with Crippen LogP contribution in [-0.4, -0.2) is 28.6 Å². The quantitative estimate of drug-likeness (QED) is 0.265. The molecule has 0 aliphatic heterocycles. The van der Waals surface area contributed by atoms with Crippen LogP contribution in [-0.2, 0) is 18.4 Å². The second kappa shape index (κ2) is 13.6. The second-order valence-corrected chi connectivity index (χ2v) is 17.2. The summed E-state index contributed by atoms with van der Waals surface area (Å²) in [5, 5.41) is 0. The van der Waals surface area contributed by atoms with E-state index in [0.717, 1.165) is 61.9 Å². The predicted octanol–water partition coefficient (Wildman–Crippen LogP) is 6.92. The van der Waals surface area contributed by atoms with E-state index in [9.17, 15) is 9.59 Å². The first kappa shape index (κ1) is 27.4. The van der Waals surface area contributed by atoms with Gasteiger partial charge in [0, 0.05) is 11.8 Å². The highest BCUT2D eigenvalue weighted by molar-refractivity contribution is 6.80. The Morgan fingerprint density at radius 3 is 1.00 bits per heavy atom. The molecule has 0 amide bonds. The Kier molecular flexibility index (Phi) is 13.3. The molecule has 166 valence electrons. The normalized spacial score (nSPS) is 12.5. The third kappa shape index (κ3) is 9.25. The van der Waals surface area contributed by atoms with Gasteiger partial charge in [-0.15, -0.1) is 0 Å². The van der Waals surface area contributed by atoms with Gasteiger partial charge in [-0.05, 0) is 36.3 Å². The van der Waals surface area contributed by atoms with Crippen LogP contribution in [0.3, 0.4) is 0 Å². The maximum absolute atomic E-state index is 12.5. The van der Waals surface area contributed by atoms with E-state index < -0.39 is 16.6 Å². The summed E-state index contributed by atoms with van der Waals surface area (Å²) in [6, 6.07) is 5.95. The molecule has 0 atom stereocenters. The third-order valence-corrected chi connectivity index (χ3v) is 15.2. The molecule has 0 aromatic heterocycles. The molecule has 0 aliphatic carbocycles. The van der Waals surface area contributed by atoms with Crippen LogP contribution in [0.2, 0.25) is 36.3 Å². The van der Waals surface area contributed by atoms with E-state index in [2.05, 4.69) is 27.7 Å². The van der Waals surface area contributed by atoms with Crippen molar-refractivity contribution in [1.29, 1.82) is 0 Å². The molecule has 4 nitrogen and oxygen atoms in total. The fourth-order valence-electron chi connectivity index (χ4n) is 4.00. The Labute approximate surface area is 176 Å². The van der Waals surface area contributed by atoms with Crippen LogP contribution >= 0.6 is 0 Å². The van der Waals surface area contributed by atoms with Crippen molar-refractivity contribution < 1.29 is 18.4 Å². The number of rotatable bonds is 15. The molecule has 0 rings (SSSR count). The Morgan fingerprint density at radius 2 is 0.821 bits per heavy atom. The molecule has 0 saturated heterocycles. The van der Waals surface area contributed by atoms with E-state index in [-0.39, 0.29) is 23.8 Å². The topological polar surface area (TPSA) is 52.6 Å². The van der Waals surface area contributed by atoms with Gasteiger partial charge >= 0.3 is 0 Å². The second-order valence-electron chi connectivity index (χ2n) is 9.02. The summed E-state index contributed by atoms with van der Waals surface area (Å²) < 4.78 is 12.5. The fraction of sp³-hybridized carbons (Fsp3) is 0.909. The van der Waals surface area contributed by atoms with Gasteiger partial charge in [0.25, 0.3) is 28.6 Å². The molecule has 28 heavy (non-hydrogen) atoms. The minimum absolute atomic E-state index is 0.0500. The molecule has 0 heterocycles. The lowest BCUT2D eigenvalue weighted by Gasteiger charge is -2.37. The van der Waals surface area contributed by atoms with Crippen molar-refractivity contribution in [2.24, 2.45) is 11.8 Å². The molecule has 0 spiro atoms. The number of hydrogen-bond donors (Lipinski definition) is 0. The minimum Gasteiger partial charge on any atom is -0.519 e. The Bertz CT molecular complexity index is 409. The Hall–Kier alpha value is -0.626. The molecular weight excluding hydrogens is 384 g/mol. The standard InChI is InChI=1S/C22H46O4Si2/c1-9-13-27(14-10-2,25-21(23)19(5)6)17-18-28(15-11-3,16-12-4)26-22(24)20(7)8/h19-20H,9-18H2,1-8H3. The minimum atomic E-state index is -2.17. The van der Waals surface area contributed by atoms with Crippen molar-refractivity contribution in [3.63, 3.8) is 0 Å². The zero-order valence-electron chi connectivity index (χ0n) is 19.9. The monoisotopic (exact) mass is 430 g/mol. The van der Waals surface area contributed by atoms with E-state index in [1.54, 1.807) is 0 Å². The van der Waals surface area contributed by atoms with Crippen molar-refractivity contribution in [2.75, 3.05) is 0 Å². The van der Waals surface area contributed by atoms with Gasteiger partial charge in [-0.3, -0.25) is 9.59 Å².